The molecular formula is C20H20Cl2N6O2. The minimum atomic E-state index is -1.17. The second kappa shape index (κ2) is 8.14. The smallest absolute Gasteiger partial charge is 0.278 e. The zero-order valence-electron chi connectivity index (χ0n) is 16.4. The Balaban J connectivity index is 1.60. The van der Waals surface area contributed by atoms with Crippen LogP contribution < -0.4 is 10.2 Å². The van der Waals surface area contributed by atoms with Crippen molar-refractivity contribution >= 4 is 40.9 Å². The van der Waals surface area contributed by atoms with Gasteiger partial charge in [0, 0.05) is 20.3 Å². The number of anilines is 2. The van der Waals surface area contributed by atoms with Crippen LogP contribution in [0.3, 0.4) is 0 Å². The molecule has 1 unspecified atom stereocenters. The van der Waals surface area contributed by atoms with E-state index >= 15 is 0 Å². The van der Waals surface area contributed by atoms with Gasteiger partial charge in [0.25, 0.3) is 5.91 Å². The molecule has 2 N–H and O–H groups in total. The summed E-state index contributed by atoms with van der Waals surface area (Å²) >= 11 is 12.1. The first-order valence-electron chi connectivity index (χ1n) is 9.23. The van der Waals surface area contributed by atoms with E-state index in [2.05, 4.69) is 15.3 Å². The van der Waals surface area contributed by atoms with E-state index in [-0.39, 0.29) is 12.5 Å². The first-order valence-corrected chi connectivity index (χ1v) is 9.98. The molecule has 1 aliphatic rings. The molecule has 1 aromatic carbocycles. The van der Waals surface area contributed by atoms with Crippen molar-refractivity contribution in [1.82, 2.24) is 19.4 Å². The fourth-order valence-corrected chi connectivity index (χ4v) is 3.67. The third-order valence-electron chi connectivity index (χ3n) is 4.99. The number of nitrogens with zero attached hydrogens (tertiary/aromatic N) is 5. The minimum Gasteiger partial charge on any atom is -0.356 e. The predicted octanol–water partition coefficient (Wildman–Crippen LogP) is 3.10. The Kier molecular flexibility index (Phi) is 5.55. The lowest BCUT2D eigenvalue weighted by Gasteiger charge is -2.38. The first-order chi connectivity index (χ1) is 14.4. The van der Waals surface area contributed by atoms with Crippen molar-refractivity contribution in [3.63, 3.8) is 0 Å². The van der Waals surface area contributed by atoms with Gasteiger partial charge < -0.3 is 19.9 Å². The number of fused-ring (bicyclic) bond motifs is 1. The number of hydrogen-bond acceptors (Lipinski definition) is 6. The van der Waals surface area contributed by atoms with Crippen molar-refractivity contribution in [3.05, 3.63) is 69.6 Å². The van der Waals surface area contributed by atoms with E-state index < -0.39 is 6.35 Å². The van der Waals surface area contributed by atoms with Gasteiger partial charge in [0.2, 0.25) is 12.3 Å². The molecule has 4 rings (SSSR count). The molecule has 1 aliphatic heterocycles. The van der Waals surface area contributed by atoms with Crippen LogP contribution in [0.4, 0.5) is 11.8 Å². The second-order valence-electron chi connectivity index (χ2n) is 6.98. The maximum atomic E-state index is 13.2. The Hall–Kier alpha value is -2.81. The van der Waals surface area contributed by atoms with Crippen LogP contribution >= 0.6 is 23.2 Å². The van der Waals surface area contributed by atoms with Crippen molar-refractivity contribution in [3.8, 4) is 0 Å². The summed E-state index contributed by atoms with van der Waals surface area (Å²) < 4.78 is 1.69. The van der Waals surface area contributed by atoms with Crippen LogP contribution in [-0.4, -0.2) is 43.8 Å². The zero-order valence-corrected chi connectivity index (χ0v) is 17.9. The lowest BCUT2D eigenvalue weighted by atomic mass is 10.2. The summed E-state index contributed by atoms with van der Waals surface area (Å²) in [5.74, 6) is 0.584. The van der Waals surface area contributed by atoms with E-state index in [1.807, 2.05) is 18.2 Å². The molecule has 2 aromatic heterocycles. The second-order valence-corrected chi connectivity index (χ2v) is 7.79. The van der Waals surface area contributed by atoms with Crippen molar-refractivity contribution in [1.29, 1.82) is 0 Å². The minimum absolute atomic E-state index is 0.169. The van der Waals surface area contributed by atoms with Gasteiger partial charge >= 0.3 is 0 Å². The number of carbonyl (C=O) groups excluding carboxylic acids is 1. The summed E-state index contributed by atoms with van der Waals surface area (Å²) in [6.07, 6.45) is 0.549. The predicted molar refractivity (Wildman–Crippen MR) is 116 cm³/mol. The Bertz CT molecular complexity index is 1090. The number of halogens is 2. The van der Waals surface area contributed by atoms with E-state index in [1.165, 1.54) is 4.90 Å². The molecule has 0 bridgehead atoms. The number of aliphatic hydroxyl groups is 1. The van der Waals surface area contributed by atoms with Gasteiger partial charge in [0.15, 0.2) is 11.5 Å². The van der Waals surface area contributed by atoms with Crippen LogP contribution in [0.1, 0.15) is 21.7 Å². The van der Waals surface area contributed by atoms with E-state index in [9.17, 15) is 9.90 Å². The Morgan fingerprint density at radius 1 is 1.17 bits per heavy atom. The van der Waals surface area contributed by atoms with Gasteiger partial charge in [0.1, 0.15) is 0 Å². The molecule has 0 radical (unpaired) electrons. The summed E-state index contributed by atoms with van der Waals surface area (Å²) in [5.41, 5.74) is 1.98. The highest BCUT2D eigenvalue weighted by Crippen LogP contribution is 2.32. The van der Waals surface area contributed by atoms with E-state index in [4.69, 9.17) is 23.2 Å². The molecule has 10 heteroatoms. The molecule has 0 aliphatic carbocycles. The molecule has 1 amide bonds. The molecule has 156 valence electrons. The average molecular weight is 447 g/mol. The topological polar surface area (TPSA) is 86.5 Å². The van der Waals surface area contributed by atoms with Gasteiger partial charge in [-0.15, -0.1) is 0 Å². The Morgan fingerprint density at radius 3 is 2.67 bits per heavy atom. The summed E-state index contributed by atoms with van der Waals surface area (Å²) in [5, 5.41) is 14.8. The van der Waals surface area contributed by atoms with Crippen molar-refractivity contribution in [2.24, 2.45) is 7.05 Å². The number of hydrogen-bond donors (Lipinski definition) is 2. The van der Waals surface area contributed by atoms with Crippen molar-refractivity contribution in [2.75, 3.05) is 17.3 Å². The molecule has 8 nitrogen and oxygen atoms in total. The summed E-state index contributed by atoms with van der Waals surface area (Å²) in [7, 11) is 3.45. The maximum Gasteiger partial charge on any atom is 0.278 e. The number of rotatable bonds is 5. The normalized spacial score (nSPS) is 16.0. The average Bonchev–Trinajstić information content (AvgIpc) is 3.08. The molecular weight excluding hydrogens is 427 g/mol. The summed E-state index contributed by atoms with van der Waals surface area (Å²) in [6.45, 7) is 0.626. The number of amides is 1. The molecule has 1 atom stereocenters. The third-order valence-corrected chi connectivity index (χ3v) is 5.73. The molecule has 0 saturated heterocycles. The van der Waals surface area contributed by atoms with E-state index in [0.29, 0.717) is 34.1 Å². The molecule has 0 spiro atoms. The van der Waals surface area contributed by atoms with Gasteiger partial charge in [-0.1, -0.05) is 35.3 Å². The van der Waals surface area contributed by atoms with Gasteiger partial charge in [-0.25, -0.2) is 0 Å². The van der Waals surface area contributed by atoms with E-state index in [0.717, 1.165) is 11.3 Å². The van der Waals surface area contributed by atoms with Crippen molar-refractivity contribution < 1.29 is 9.90 Å². The molecule has 3 aromatic rings. The number of pyridine rings is 1. The fraction of sp³-hybridized carbons (Fsp3) is 0.250. The number of aliphatic hydroxyl groups excluding tert-OH is 1. The number of imidazole rings is 1. The maximum absolute atomic E-state index is 13.2. The van der Waals surface area contributed by atoms with Crippen LogP contribution in [0.15, 0.2) is 42.6 Å². The van der Waals surface area contributed by atoms with E-state index in [1.54, 1.807) is 48.0 Å². The molecule has 30 heavy (non-hydrogen) atoms. The van der Waals surface area contributed by atoms with Crippen LogP contribution in [0, 0.1) is 0 Å². The third kappa shape index (κ3) is 3.69. The number of carbonyl (C=O) groups is 1. The Labute approximate surface area is 183 Å². The highest BCUT2D eigenvalue weighted by molar-refractivity contribution is 6.42. The SMILES string of the molecule is CN1c2nc(NCc3ccccn3)n(C)c2C(=O)N(Cc2ccc(Cl)c(Cl)c2)C1O. The zero-order chi connectivity index (χ0) is 21.4. The van der Waals surface area contributed by atoms with Crippen LogP contribution in [0.2, 0.25) is 10.0 Å². The lowest BCUT2D eigenvalue weighted by molar-refractivity contribution is -0.000730. The summed E-state index contributed by atoms with van der Waals surface area (Å²) in [4.78, 5) is 24.9. The highest BCUT2D eigenvalue weighted by Gasteiger charge is 2.39. The molecule has 0 saturated carbocycles. The Morgan fingerprint density at radius 2 is 1.97 bits per heavy atom. The van der Waals surface area contributed by atoms with Crippen molar-refractivity contribution in [2.45, 2.75) is 19.4 Å². The van der Waals surface area contributed by atoms with Crippen LogP contribution in [0.5, 0.6) is 0 Å². The fourth-order valence-electron chi connectivity index (χ4n) is 3.35. The van der Waals surface area contributed by atoms with Gasteiger partial charge in [-0.3, -0.25) is 14.7 Å². The van der Waals surface area contributed by atoms with Crippen LogP contribution in [0.25, 0.3) is 0 Å². The summed E-state index contributed by atoms with van der Waals surface area (Å²) in [6, 6.07) is 10.8. The monoisotopic (exact) mass is 446 g/mol. The highest BCUT2D eigenvalue weighted by atomic mass is 35.5. The van der Waals surface area contributed by atoms with Gasteiger partial charge in [-0.2, -0.15) is 4.98 Å². The van der Waals surface area contributed by atoms with Gasteiger partial charge in [0.05, 0.1) is 28.8 Å². The molecule has 0 fully saturated rings. The lowest BCUT2D eigenvalue weighted by Crippen LogP contribution is -2.53. The largest absolute Gasteiger partial charge is 0.356 e. The van der Waals surface area contributed by atoms with Crippen LogP contribution in [-0.2, 0) is 20.1 Å². The van der Waals surface area contributed by atoms with Gasteiger partial charge in [-0.05, 0) is 29.8 Å². The first kappa shape index (κ1) is 20.5. The number of benzene rings is 1. The standard InChI is InChI=1S/C20H20Cl2N6O2/c1-26-16-17(25-19(26)24-10-13-5-3-4-8-23-13)27(2)20(30)28(18(16)29)11-12-6-7-14(21)15(22)9-12/h3-9,20,30H,10-11H2,1-2H3,(H,24,25). The number of aromatic nitrogens is 3. The quantitative estimate of drug-likeness (QED) is 0.625. The molecule has 3 heterocycles. The number of nitrogens with one attached hydrogen (secondary N) is 1.